The van der Waals surface area contributed by atoms with Gasteiger partial charge in [0.1, 0.15) is 16.5 Å². The Balaban J connectivity index is 1.24. The quantitative estimate of drug-likeness (QED) is 0.468. The molecule has 4 N–H and O–H groups in total. The van der Waals surface area contributed by atoms with Gasteiger partial charge in [-0.15, -0.1) is 0 Å². The Morgan fingerprint density at radius 3 is 2.60 bits per heavy atom. The van der Waals surface area contributed by atoms with Crippen molar-refractivity contribution in [2.75, 3.05) is 11.9 Å². The van der Waals surface area contributed by atoms with E-state index in [9.17, 15) is 4.79 Å². The van der Waals surface area contributed by atoms with Gasteiger partial charge in [0.15, 0.2) is 5.65 Å². The molecule has 4 heterocycles. The highest BCUT2D eigenvalue weighted by molar-refractivity contribution is 6.29. The van der Waals surface area contributed by atoms with Crippen LogP contribution < -0.4 is 16.0 Å². The van der Waals surface area contributed by atoms with Gasteiger partial charge in [-0.25, -0.2) is 9.97 Å². The molecule has 5 rings (SSSR count). The van der Waals surface area contributed by atoms with E-state index in [4.69, 9.17) is 11.6 Å². The van der Waals surface area contributed by atoms with Crippen LogP contribution in [-0.4, -0.2) is 50.5 Å². The Morgan fingerprint density at radius 2 is 1.83 bits per heavy atom. The zero-order valence-corrected chi connectivity index (χ0v) is 17.2. The van der Waals surface area contributed by atoms with Crippen molar-refractivity contribution in [3.8, 4) is 11.1 Å². The molecule has 0 bridgehead atoms. The number of hydrogen-bond acceptors (Lipinski definition) is 6. The highest BCUT2D eigenvalue weighted by Gasteiger charge is 2.28. The van der Waals surface area contributed by atoms with Crippen LogP contribution in [0.15, 0.2) is 30.7 Å². The molecular formula is C21H24ClN7O. The molecule has 0 radical (unpaired) electrons. The van der Waals surface area contributed by atoms with E-state index in [1.165, 1.54) is 0 Å². The fourth-order valence-electron chi connectivity index (χ4n) is 4.20. The molecule has 1 atom stereocenters. The van der Waals surface area contributed by atoms with Gasteiger partial charge in [-0.05, 0) is 56.3 Å². The number of aromatic nitrogens is 4. The Hall–Kier alpha value is -2.71. The number of pyridine rings is 1. The predicted molar refractivity (Wildman–Crippen MR) is 116 cm³/mol. The van der Waals surface area contributed by atoms with Crippen molar-refractivity contribution in [2.24, 2.45) is 0 Å². The molecule has 156 valence electrons. The van der Waals surface area contributed by atoms with Gasteiger partial charge in [0.25, 0.3) is 0 Å². The largest absolute Gasteiger partial charge is 0.367 e. The van der Waals surface area contributed by atoms with E-state index in [1.54, 1.807) is 12.4 Å². The fraction of sp³-hybridized carbons (Fsp3) is 0.429. The Kier molecular flexibility index (Phi) is 5.26. The van der Waals surface area contributed by atoms with Crippen LogP contribution >= 0.6 is 11.6 Å². The number of anilines is 1. The smallest absolute Gasteiger partial charge is 0.237 e. The summed E-state index contributed by atoms with van der Waals surface area (Å²) in [6.45, 7) is 0.939. The number of carbonyl (C=O) groups excluding carboxylic acids is 1. The Bertz CT molecular complexity index is 1060. The summed E-state index contributed by atoms with van der Waals surface area (Å²) >= 11 is 6.31. The van der Waals surface area contributed by atoms with Gasteiger partial charge in [0.2, 0.25) is 5.91 Å². The third kappa shape index (κ3) is 3.97. The maximum atomic E-state index is 12.1. The lowest BCUT2D eigenvalue weighted by Gasteiger charge is -2.33. The molecule has 0 unspecified atom stereocenters. The van der Waals surface area contributed by atoms with Crippen molar-refractivity contribution >= 4 is 34.5 Å². The van der Waals surface area contributed by atoms with Gasteiger partial charge in [-0.1, -0.05) is 11.6 Å². The third-order valence-electron chi connectivity index (χ3n) is 5.98. The molecule has 0 spiro atoms. The maximum absolute atomic E-state index is 12.1. The molecule has 1 aliphatic carbocycles. The lowest BCUT2D eigenvalue weighted by molar-refractivity contribution is -0.125. The molecule has 3 aromatic heterocycles. The Morgan fingerprint density at radius 1 is 1.07 bits per heavy atom. The van der Waals surface area contributed by atoms with Crippen molar-refractivity contribution in [1.82, 2.24) is 30.6 Å². The van der Waals surface area contributed by atoms with Crippen LogP contribution in [0.2, 0.25) is 5.15 Å². The second kappa shape index (κ2) is 8.20. The minimum Gasteiger partial charge on any atom is -0.367 e. The molecule has 1 saturated carbocycles. The number of hydrogen-bond donors (Lipinski definition) is 4. The first kappa shape index (κ1) is 19.3. The zero-order chi connectivity index (χ0) is 20.5. The first-order chi connectivity index (χ1) is 14.7. The van der Waals surface area contributed by atoms with Crippen LogP contribution in [0.4, 0.5) is 5.82 Å². The van der Waals surface area contributed by atoms with Gasteiger partial charge in [-0.3, -0.25) is 9.78 Å². The Labute approximate surface area is 179 Å². The molecule has 2 fully saturated rings. The van der Waals surface area contributed by atoms with E-state index in [2.05, 4.69) is 35.9 Å². The topological polar surface area (TPSA) is 108 Å². The number of carbonyl (C=O) groups is 1. The molecule has 2 aliphatic rings. The first-order valence-electron chi connectivity index (χ1n) is 10.4. The monoisotopic (exact) mass is 425 g/mol. The van der Waals surface area contributed by atoms with Crippen LogP contribution in [0.25, 0.3) is 22.3 Å². The van der Waals surface area contributed by atoms with Crippen molar-refractivity contribution < 1.29 is 4.79 Å². The second-order valence-electron chi connectivity index (χ2n) is 8.02. The van der Waals surface area contributed by atoms with E-state index < -0.39 is 0 Å². The van der Waals surface area contributed by atoms with Crippen LogP contribution in [0, 0.1) is 0 Å². The summed E-state index contributed by atoms with van der Waals surface area (Å²) in [5.41, 5.74) is 3.44. The van der Waals surface area contributed by atoms with E-state index >= 15 is 0 Å². The lowest BCUT2D eigenvalue weighted by Crippen LogP contribution is -2.55. The van der Waals surface area contributed by atoms with E-state index in [0.29, 0.717) is 11.2 Å². The van der Waals surface area contributed by atoms with E-state index in [1.807, 2.05) is 18.3 Å². The molecule has 9 heteroatoms. The van der Waals surface area contributed by atoms with Crippen LogP contribution in [0.5, 0.6) is 0 Å². The number of nitrogens with zero attached hydrogens (tertiary/aromatic N) is 3. The number of H-pyrrole nitrogens is 1. The third-order valence-corrected chi connectivity index (χ3v) is 6.17. The summed E-state index contributed by atoms with van der Waals surface area (Å²) in [5, 5.41) is 10.3. The summed E-state index contributed by atoms with van der Waals surface area (Å²) in [6.07, 6.45) is 10.1. The van der Waals surface area contributed by atoms with Gasteiger partial charge < -0.3 is 20.9 Å². The number of rotatable bonds is 5. The lowest BCUT2D eigenvalue weighted by atomic mass is 9.90. The predicted octanol–water partition coefficient (Wildman–Crippen LogP) is 2.87. The molecule has 8 nitrogen and oxygen atoms in total. The highest BCUT2D eigenvalue weighted by atomic mass is 35.5. The van der Waals surface area contributed by atoms with Gasteiger partial charge in [0.05, 0.1) is 6.04 Å². The summed E-state index contributed by atoms with van der Waals surface area (Å²) < 4.78 is 0. The number of halogens is 1. The molecule has 1 amide bonds. The van der Waals surface area contributed by atoms with E-state index in [-0.39, 0.29) is 18.0 Å². The van der Waals surface area contributed by atoms with Gasteiger partial charge in [0, 0.05) is 36.2 Å². The highest BCUT2D eigenvalue weighted by Crippen LogP contribution is 2.30. The fourth-order valence-corrected chi connectivity index (χ4v) is 4.41. The molecule has 1 saturated heterocycles. The van der Waals surface area contributed by atoms with Crippen molar-refractivity contribution in [3.05, 3.63) is 35.9 Å². The number of fused-ring (bicyclic) bond motifs is 1. The van der Waals surface area contributed by atoms with Crippen molar-refractivity contribution in [2.45, 2.75) is 50.2 Å². The molecular weight excluding hydrogens is 402 g/mol. The average Bonchev–Trinajstić information content (AvgIpc) is 3.12. The number of aromatic amines is 1. The van der Waals surface area contributed by atoms with Crippen molar-refractivity contribution in [3.63, 3.8) is 0 Å². The molecule has 30 heavy (non-hydrogen) atoms. The maximum Gasteiger partial charge on any atom is 0.237 e. The minimum absolute atomic E-state index is 0.00383. The normalized spacial score (nSPS) is 23.7. The molecule has 0 aromatic carbocycles. The average molecular weight is 426 g/mol. The van der Waals surface area contributed by atoms with Gasteiger partial charge >= 0.3 is 0 Å². The zero-order valence-electron chi connectivity index (χ0n) is 16.5. The summed E-state index contributed by atoms with van der Waals surface area (Å²) in [4.78, 5) is 28.5. The minimum atomic E-state index is 0.00383. The van der Waals surface area contributed by atoms with E-state index in [0.717, 1.165) is 66.8 Å². The van der Waals surface area contributed by atoms with Crippen LogP contribution in [-0.2, 0) is 4.79 Å². The standard InChI is InChI=1S/C21H24ClN7O/c22-17-9-12(15-11-26-20-19(15)24-7-8-25-20)10-18(29-17)27-13-1-3-14(4-2-13)28-21(30)16-5-6-23-16/h7-11,13-14,16,23H,1-6H2,(H,25,26)(H,27,29)(H,28,30)/t13-,14-,16-/m0/s1. The SMILES string of the molecule is O=C(N[C@H]1CC[C@H](Nc2cc(-c3c[nH]c4nccnc34)cc(Cl)n2)CC1)[C@@H]1CCN1. The van der Waals surface area contributed by atoms with Crippen LogP contribution in [0.3, 0.4) is 0 Å². The number of nitrogens with one attached hydrogen (secondary N) is 4. The number of amides is 1. The summed E-state index contributed by atoms with van der Waals surface area (Å²) in [6, 6.07) is 4.40. The molecule has 3 aromatic rings. The summed E-state index contributed by atoms with van der Waals surface area (Å²) in [7, 11) is 0. The molecule has 1 aliphatic heterocycles. The summed E-state index contributed by atoms with van der Waals surface area (Å²) in [5.74, 6) is 0.891. The first-order valence-corrected chi connectivity index (χ1v) is 10.8. The van der Waals surface area contributed by atoms with Crippen molar-refractivity contribution in [1.29, 1.82) is 0 Å². The second-order valence-corrected chi connectivity index (χ2v) is 8.40. The van der Waals surface area contributed by atoms with Crippen LogP contribution in [0.1, 0.15) is 32.1 Å². The van der Waals surface area contributed by atoms with Gasteiger partial charge in [-0.2, -0.15) is 0 Å².